The van der Waals surface area contributed by atoms with Gasteiger partial charge in [-0.05, 0) is 37.5 Å². The summed E-state index contributed by atoms with van der Waals surface area (Å²) in [5.74, 6) is -0.329. The number of anilines is 1. The topological polar surface area (TPSA) is 55.4 Å². The molecule has 0 unspecified atom stereocenters. The highest BCUT2D eigenvalue weighted by Gasteiger charge is 1.98. The zero-order valence-corrected chi connectivity index (χ0v) is 11.1. The van der Waals surface area contributed by atoms with Crippen molar-refractivity contribution in [1.29, 1.82) is 0 Å². The predicted molar refractivity (Wildman–Crippen MR) is 74.7 cm³/mol. The standard InChI is InChI=1S/C15H19NO3/c1-19-15(18)12-8-3-2-7-11-14(17)16-13-9-5-4-6-10-13/h4-7,9-11H,2-3,8,12H2,1H3,(H,16,17)/b11-7+/i14+2. The Hall–Kier alpha value is -2.10. The van der Waals surface area contributed by atoms with Crippen molar-refractivity contribution in [3.8, 4) is 0 Å². The Morgan fingerprint density at radius 1 is 1.32 bits per heavy atom. The number of ether oxygens (including phenoxy) is 1. The van der Waals surface area contributed by atoms with Gasteiger partial charge in [0.1, 0.15) is 0 Å². The molecular formula is C15H19NO3. The van der Waals surface area contributed by atoms with E-state index >= 15 is 0 Å². The number of hydrogen-bond acceptors (Lipinski definition) is 3. The monoisotopic (exact) mass is 263 g/mol. The van der Waals surface area contributed by atoms with Crippen LogP contribution >= 0.6 is 0 Å². The molecular weight excluding hydrogens is 244 g/mol. The Labute approximate surface area is 113 Å². The van der Waals surface area contributed by atoms with E-state index in [1.807, 2.05) is 36.4 Å². The van der Waals surface area contributed by atoms with Gasteiger partial charge in [-0.15, -0.1) is 0 Å². The second-order valence-electron chi connectivity index (χ2n) is 4.08. The van der Waals surface area contributed by atoms with Gasteiger partial charge in [-0.25, -0.2) is 0 Å². The molecule has 0 aliphatic carbocycles. The lowest BCUT2D eigenvalue weighted by atomic mass is 10.2. The SMILES string of the molecule is COC(=O)CCCC/C=C/[14C](=O)Nc1ccccc1. The number of carbonyl (C=O) groups is 2. The van der Waals surface area contributed by atoms with Gasteiger partial charge in [-0.1, -0.05) is 24.3 Å². The number of benzene rings is 1. The summed E-state index contributed by atoms with van der Waals surface area (Å²) in [7, 11) is 1.39. The maximum absolute atomic E-state index is 11.5. The first-order valence-electron chi connectivity index (χ1n) is 6.32. The van der Waals surface area contributed by atoms with E-state index in [9.17, 15) is 9.59 Å². The number of carbonyl (C=O) groups excluding carboxylic acids is 2. The predicted octanol–water partition coefficient (Wildman–Crippen LogP) is 2.91. The molecule has 0 aliphatic rings. The zero-order chi connectivity index (χ0) is 13.9. The molecule has 0 spiro atoms. The molecule has 0 saturated heterocycles. The third-order valence-electron chi connectivity index (χ3n) is 2.54. The van der Waals surface area contributed by atoms with Crippen LogP contribution in [0.15, 0.2) is 42.5 Å². The molecule has 0 bridgehead atoms. The minimum atomic E-state index is -0.189. The number of nitrogens with one attached hydrogen (secondary N) is 1. The highest BCUT2D eigenvalue weighted by Crippen LogP contribution is 2.05. The molecule has 1 rings (SSSR count). The Morgan fingerprint density at radius 3 is 2.74 bits per heavy atom. The molecule has 1 amide bonds. The maximum atomic E-state index is 11.5. The number of amides is 1. The molecule has 4 nitrogen and oxygen atoms in total. The number of esters is 1. The second kappa shape index (κ2) is 8.91. The van der Waals surface area contributed by atoms with Crippen molar-refractivity contribution < 1.29 is 14.3 Å². The van der Waals surface area contributed by atoms with Crippen LogP contribution in [0.2, 0.25) is 0 Å². The molecule has 4 heteroatoms. The Kier molecular flexibility index (Phi) is 7.02. The fourth-order valence-corrected chi connectivity index (χ4v) is 1.53. The van der Waals surface area contributed by atoms with Gasteiger partial charge >= 0.3 is 5.97 Å². The summed E-state index contributed by atoms with van der Waals surface area (Å²) in [6.07, 6.45) is 6.18. The highest BCUT2D eigenvalue weighted by atomic mass is 16.5. The summed E-state index contributed by atoms with van der Waals surface area (Å²) < 4.78 is 4.54. The lowest BCUT2D eigenvalue weighted by Gasteiger charge is -2.00. The molecule has 0 heterocycles. The largest absolute Gasteiger partial charge is 0.469 e. The van der Waals surface area contributed by atoms with Gasteiger partial charge in [0.2, 0.25) is 5.91 Å². The number of allylic oxidation sites excluding steroid dienone is 1. The van der Waals surface area contributed by atoms with Crippen molar-refractivity contribution >= 4 is 17.6 Å². The molecule has 1 aromatic carbocycles. The first-order chi connectivity index (χ1) is 9.22. The van der Waals surface area contributed by atoms with Crippen LogP contribution in [-0.4, -0.2) is 19.0 Å². The molecule has 19 heavy (non-hydrogen) atoms. The fourth-order valence-electron chi connectivity index (χ4n) is 1.53. The van der Waals surface area contributed by atoms with Crippen LogP contribution in [0.4, 0.5) is 5.69 Å². The normalized spacial score (nSPS) is 10.4. The zero-order valence-electron chi connectivity index (χ0n) is 11.1. The van der Waals surface area contributed by atoms with Gasteiger partial charge in [-0.3, -0.25) is 9.59 Å². The van der Waals surface area contributed by atoms with E-state index in [4.69, 9.17) is 0 Å². The minimum Gasteiger partial charge on any atom is -0.469 e. The summed E-state index contributed by atoms with van der Waals surface area (Å²) in [6.45, 7) is 0. The first kappa shape index (κ1) is 15.0. The van der Waals surface area contributed by atoms with Crippen molar-refractivity contribution in [3.05, 3.63) is 42.5 Å². The second-order valence-corrected chi connectivity index (χ2v) is 4.08. The molecule has 1 aromatic rings. The molecule has 0 fully saturated rings. The highest BCUT2D eigenvalue weighted by molar-refractivity contribution is 5.99. The van der Waals surface area contributed by atoms with Crippen molar-refractivity contribution in [2.24, 2.45) is 0 Å². The van der Waals surface area contributed by atoms with Crippen molar-refractivity contribution in [2.75, 3.05) is 12.4 Å². The minimum absolute atomic E-state index is 0.140. The van der Waals surface area contributed by atoms with Gasteiger partial charge in [0.25, 0.3) is 0 Å². The molecule has 102 valence electrons. The van der Waals surface area contributed by atoms with Crippen molar-refractivity contribution in [2.45, 2.75) is 25.7 Å². The van der Waals surface area contributed by atoms with Gasteiger partial charge in [-0.2, -0.15) is 0 Å². The van der Waals surface area contributed by atoms with Crippen LogP contribution in [-0.2, 0) is 14.3 Å². The third-order valence-corrected chi connectivity index (χ3v) is 2.54. The quantitative estimate of drug-likeness (QED) is 0.467. The molecule has 0 saturated carbocycles. The van der Waals surface area contributed by atoms with Gasteiger partial charge in [0, 0.05) is 12.1 Å². The van der Waals surface area contributed by atoms with Crippen molar-refractivity contribution in [3.63, 3.8) is 0 Å². The number of hydrogen-bond donors (Lipinski definition) is 1. The number of rotatable bonds is 7. The van der Waals surface area contributed by atoms with Crippen LogP contribution in [0, 0.1) is 0 Å². The lowest BCUT2D eigenvalue weighted by molar-refractivity contribution is -0.140. The summed E-state index contributed by atoms with van der Waals surface area (Å²) in [5.41, 5.74) is 0.780. The molecule has 1 N–H and O–H groups in total. The fraction of sp³-hybridized carbons (Fsp3) is 0.333. The third kappa shape index (κ3) is 7.03. The van der Waals surface area contributed by atoms with E-state index in [0.717, 1.165) is 24.9 Å². The van der Waals surface area contributed by atoms with E-state index < -0.39 is 0 Å². The summed E-state index contributed by atoms with van der Waals surface area (Å²) in [4.78, 5) is 22.4. The average molecular weight is 263 g/mol. The van der Waals surface area contributed by atoms with Crippen LogP contribution in [0.25, 0.3) is 0 Å². The average Bonchev–Trinajstić information content (AvgIpc) is 2.43. The van der Waals surface area contributed by atoms with Gasteiger partial charge < -0.3 is 10.1 Å². The first-order valence-corrected chi connectivity index (χ1v) is 6.32. The van der Waals surface area contributed by atoms with Gasteiger partial charge in [0.15, 0.2) is 0 Å². The molecule has 0 aliphatic heterocycles. The lowest BCUT2D eigenvalue weighted by Crippen LogP contribution is -2.07. The van der Waals surface area contributed by atoms with Crippen LogP contribution < -0.4 is 5.32 Å². The Balaban J connectivity index is 2.15. The number of methoxy groups -OCH3 is 1. The maximum Gasteiger partial charge on any atom is 0.305 e. The number of para-hydroxylation sites is 1. The van der Waals surface area contributed by atoms with Crippen LogP contribution in [0.5, 0.6) is 0 Å². The Bertz CT molecular complexity index is 426. The molecule has 0 aromatic heterocycles. The summed E-state index contributed by atoms with van der Waals surface area (Å²) >= 11 is 0. The van der Waals surface area contributed by atoms with Crippen molar-refractivity contribution in [1.82, 2.24) is 0 Å². The van der Waals surface area contributed by atoms with E-state index in [1.165, 1.54) is 13.2 Å². The summed E-state index contributed by atoms with van der Waals surface area (Å²) in [6, 6.07) is 9.30. The van der Waals surface area contributed by atoms with E-state index in [-0.39, 0.29) is 11.9 Å². The molecule has 0 atom stereocenters. The van der Waals surface area contributed by atoms with E-state index in [2.05, 4.69) is 10.1 Å². The number of unbranched alkanes of at least 4 members (excludes halogenated alkanes) is 2. The van der Waals surface area contributed by atoms with Gasteiger partial charge in [0.05, 0.1) is 7.11 Å². The van der Waals surface area contributed by atoms with Crippen LogP contribution in [0.1, 0.15) is 25.7 Å². The smallest absolute Gasteiger partial charge is 0.305 e. The summed E-state index contributed by atoms with van der Waals surface area (Å²) in [5, 5.41) is 2.76. The van der Waals surface area contributed by atoms with E-state index in [1.54, 1.807) is 0 Å². The van der Waals surface area contributed by atoms with Crippen LogP contribution in [0.3, 0.4) is 0 Å². The Morgan fingerprint density at radius 2 is 2.05 bits per heavy atom. The molecule has 0 radical (unpaired) electrons. The van der Waals surface area contributed by atoms with E-state index in [0.29, 0.717) is 6.42 Å².